The molecule has 0 aromatic rings. The highest BCUT2D eigenvalue weighted by Crippen LogP contribution is 2.16. The Kier molecular flexibility index (Phi) is 7.63. The van der Waals surface area contributed by atoms with Crippen LogP contribution >= 0.6 is 0 Å². The zero-order valence-corrected chi connectivity index (χ0v) is 14.2. The average molecular weight is 299 g/mol. The molecule has 0 radical (unpaired) electrons. The number of ether oxygens (including phenoxy) is 1. The van der Waals surface area contributed by atoms with Gasteiger partial charge in [0.1, 0.15) is 5.54 Å². The first-order valence-corrected chi connectivity index (χ1v) is 8.21. The van der Waals surface area contributed by atoms with E-state index in [1.54, 1.807) is 6.92 Å². The standard InChI is InChI=1S/C16H33N3O2/c1-5-21-15(20)16(2,17)10-6-7-11-19(4)14-8-12-18(3)13-9-14/h14H,5-13,17H2,1-4H3. The number of hydrogen-bond acceptors (Lipinski definition) is 5. The molecule has 1 rings (SSSR count). The fraction of sp³-hybridized carbons (Fsp3) is 0.938. The summed E-state index contributed by atoms with van der Waals surface area (Å²) in [6, 6.07) is 0.704. The van der Waals surface area contributed by atoms with Gasteiger partial charge in [0.2, 0.25) is 0 Å². The topological polar surface area (TPSA) is 58.8 Å². The fourth-order valence-corrected chi connectivity index (χ4v) is 2.87. The van der Waals surface area contributed by atoms with Gasteiger partial charge in [-0.25, -0.2) is 0 Å². The van der Waals surface area contributed by atoms with Gasteiger partial charge in [0.05, 0.1) is 6.61 Å². The summed E-state index contributed by atoms with van der Waals surface area (Å²) in [5.41, 5.74) is 5.18. The van der Waals surface area contributed by atoms with Crippen molar-refractivity contribution in [2.24, 2.45) is 5.73 Å². The number of hydrogen-bond donors (Lipinski definition) is 1. The molecule has 0 saturated carbocycles. The van der Waals surface area contributed by atoms with Crippen LogP contribution in [0, 0.1) is 0 Å². The lowest BCUT2D eigenvalue weighted by atomic mass is 9.96. The highest BCUT2D eigenvalue weighted by molar-refractivity contribution is 5.79. The lowest BCUT2D eigenvalue weighted by Crippen LogP contribution is -2.46. The molecule has 0 amide bonds. The Hall–Kier alpha value is -0.650. The Bertz CT molecular complexity index is 313. The predicted octanol–water partition coefficient (Wildman–Crippen LogP) is 1.46. The number of nitrogens with zero attached hydrogens (tertiary/aromatic N) is 2. The summed E-state index contributed by atoms with van der Waals surface area (Å²) in [6.45, 7) is 7.44. The molecule has 1 atom stereocenters. The van der Waals surface area contributed by atoms with Crippen LogP contribution in [0.2, 0.25) is 0 Å². The molecule has 1 aliphatic rings. The largest absolute Gasteiger partial charge is 0.465 e. The van der Waals surface area contributed by atoms with E-state index < -0.39 is 5.54 Å². The van der Waals surface area contributed by atoms with Crippen molar-refractivity contribution in [3.05, 3.63) is 0 Å². The molecular formula is C16H33N3O2. The minimum atomic E-state index is -0.845. The van der Waals surface area contributed by atoms with E-state index in [1.807, 2.05) is 6.92 Å². The van der Waals surface area contributed by atoms with Gasteiger partial charge in [-0.2, -0.15) is 0 Å². The lowest BCUT2D eigenvalue weighted by Gasteiger charge is -2.35. The van der Waals surface area contributed by atoms with Crippen molar-refractivity contribution in [2.45, 2.75) is 57.5 Å². The number of rotatable bonds is 8. The molecule has 124 valence electrons. The van der Waals surface area contributed by atoms with Crippen molar-refractivity contribution in [3.63, 3.8) is 0 Å². The minimum absolute atomic E-state index is 0.284. The smallest absolute Gasteiger partial charge is 0.325 e. The first-order chi connectivity index (χ1) is 9.86. The average Bonchev–Trinajstić information content (AvgIpc) is 2.44. The van der Waals surface area contributed by atoms with Gasteiger partial charge in [0, 0.05) is 6.04 Å². The van der Waals surface area contributed by atoms with Crippen LogP contribution < -0.4 is 5.73 Å². The van der Waals surface area contributed by atoms with Gasteiger partial charge in [-0.15, -0.1) is 0 Å². The van der Waals surface area contributed by atoms with Gasteiger partial charge in [-0.05, 0) is 79.7 Å². The molecule has 1 fully saturated rings. The van der Waals surface area contributed by atoms with Crippen LogP contribution in [-0.4, -0.2) is 67.7 Å². The number of carbonyl (C=O) groups is 1. The van der Waals surface area contributed by atoms with Crippen molar-refractivity contribution in [1.82, 2.24) is 9.80 Å². The molecule has 21 heavy (non-hydrogen) atoms. The first kappa shape index (κ1) is 18.4. The summed E-state index contributed by atoms with van der Waals surface area (Å²) in [5, 5.41) is 0. The molecule has 0 spiro atoms. The summed E-state index contributed by atoms with van der Waals surface area (Å²) in [6.07, 6.45) is 5.24. The van der Waals surface area contributed by atoms with Crippen LogP contribution in [0.1, 0.15) is 46.0 Å². The van der Waals surface area contributed by atoms with E-state index in [0.717, 1.165) is 19.4 Å². The molecule has 1 heterocycles. The molecule has 1 unspecified atom stereocenters. The van der Waals surface area contributed by atoms with Crippen LogP contribution in [0.15, 0.2) is 0 Å². The number of nitrogens with two attached hydrogens (primary N) is 1. The SMILES string of the molecule is CCOC(=O)C(C)(N)CCCCN(C)C1CCN(C)CC1. The summed E-state index contributed by atoms with van der Waals surface area (Å²) in [4.78, 5) is 16.6. The number of esters is 1. The van der Waals surface area contributed by atoms with Gasteiger partial charge in [-0.3, -0.25) is 4.79 Å². The number of carbonyl (C=O) groups excluding carboxylic acids is 1. The molecule has 1 aliphatic heterocycles. The molecular weight excluding hydrogens is 266 g/mol. The van der Waals surface area contributed by atoms with Crippen molar-refractivity contribution >= 4 is 5.97 Å². The van der Waals surface area contributed by atoms with Crippen molar-refractivity contribution in [3.8, 4) is 0 Å². The van der Waals surface area contributed by atoms with Crippen molar-refractivity contribution < 1.29 is 9.53 Å². The van der Waals surface area contributed by atoms with E-state index >= 15 is 0 Å². The fourth-order valence-electron chi connectivity index (χ4n) is 2.87. The van der Waals surface area contributed by atoms with Crippen LogP contribution in [0.3, 0.4) is 0 Å². The number of unbranched alkanes of at least 4 members (excludes halogenated alkanes) is 1. The predicted molar refractivity (Wildman–Crippen MR) is 86.2 cm³/mol. The van der Waals surface area contributed by atoms with Gasteiger partial charge in [0.25, 0.3) is 0 Å². The summed E-state index contributed by atoms with van der Waals surface area (Å²) >= 11 is 0. The third-order valence-corrected chi connectivity index (χ3v) is 4.51. The van der Waals surface area contributed by atoms with Gasteiger partial charge in [0.15, 0.2) is 0 Å². The summed E-state index contributed by atoms with van der Waals surface area (Å²) in [5.74, 6) is -0.284. The Morgan fingerprint density at radius 2 is 2.00 bits per heavy atom. The number of piperidine rings is 1. The van der Waals surface area contributed by atoms with Gasteiger partial charge < -0.3 is 20.3 Å². The molecule has 2 N–H and O–H groups in total. The van der Waals surface area contributed by atoms with E-state index in [1.165, 1.54) is 25.9 Å². The van der Waals surface area contributed by atoms with Crippen LogP contribution in [0.4, 0.5) is 0 Å². The maximum Gasteiger partial charge on any atom is 0.325 e. The van der Waals surface area contributed by atoms with Crippen LogP contribution in [-0.2, 0) is 9.53 Å². The zero-order valence-electron chi connectivity index (χ0n) is 14.2. The zero-order chi connectivity index (χ0) is 15.9. The van der Waals surface area contributed by atoms with E-state index in [2.05, 4.69) is 23.9 Å². The second-order valence-corrected chi connectivity index (χ2v) is 6.61. The highest BCUT2D eigenvalue weighted by atomic mass is 16.5. The molecule has 0 aromatic heterocycles. The molecule has 1 saturated heterocycles. The Morgan fingerprint density at radius 3 is 2.57 bits per heavy atom. The summed E-state index contributed by atoms with van der Waals surface area (Å²) < 4.78 is 5.01. The molecule has 5 nitrogen and oxygen atoms in total. The number of likely N-dealkylation sites (tertiary alicyclic amines) is 1. The molecule has 0 bridgehead atoms. The van der Waals surface area contributed by atoms with E-state index in [4.69, 9.17) is 10.5 Å². The molecule has 0 aliphatic carbocycles. The highest BCUT2D eigenvalue weighted by Gasteiger charge is 2.29. The van der Waals surface area contributed by atoms with Crippen LogP contribution in [0.25, 0.3) is 0 Å². The second-order valence-electron chi connectivity index (χ2n) is 6.61. The third kappa shape index (κ3) is 6.32. The Labute approximate surface area is 129 Å². The van der Waals surface area contributed by atoms with Crippen molar-refractivity contribution in [2.75, 3.05) is 40.3 Å². The van der Waals surface area contributed by atoms with Crippen molar-refractivity contribution in [1.29, 1.82) is 0 Å². The minimum Gasteiger partial charge on any atom is -0.465 e. The molecule has 5 heteroatoms. The second kappa shape index (κ2) is 8.71. The quantitative estimate of drug-likeness (QED) is 0.543. The third-order valence-electron chi connectivity index (χ3n) is 4.51. The van der Waals surface area contributed by atoms with Crippen LogP contribution in [0.5, 0.6) is 0 Å². The maximum absolute atomic E-state index is 11.7. The van der Waals surface area contributed by atoms with Gasteiger partial charge >= 0.3 is 5.97 Å². The molecule has 0 aromatic carbocycles. The van der Waals surface area contributed by atoms with E-state index in [-0.39, 0.29) is 5.97 Å². The van der Waals surface area contributed by atoms with E-state index in [9.17, 15) is 4.79 Å². The maximum atomic E-state index is 11.7. The Morgan fingerprint density at radius 1 is 1.38 bits per heavy atom. The monoisotopic (exact) mass is 299 g/mol. The van der Waals surface area contributed by atoms with E-state index in [0.29, 0.717) is 19.1 Å². The Balaban J connectivity index is 2.19. The van der Waals surface area contributed by atoms with Gasteiger partial charge in [-0.1, -0.05) is 0 Å². The normalized spacial score (nSPS) is 20.5. The lowest BCUT2D eigenvalue weighted by molar-refractivity contribution is -0.149. The first-order valence-electron chi connectivity index (χ1n) is 8.21. The summed E-state index contributed by atoms with van der Waals surface area (Å²) in [7, 11) is 4.40.